The molecule has 0 aliphatic carbocycles. The number of benzene rings is 2. The molecular weight excluding hydrogens is 338 g/mol. The average Bonchev–Trinajstić information content (AvgIpc) is 2.99. The topological polar surface area (TPSA) is 64.0 Å². The minimum Gasteiger partial charge on any atom is -0.341 e. The predicted octanol–water partition coefficient (Wildman–Crippen LogP) is 4.58. The Kier molecular flexibility index (Phi) is 4.20. The number of aryl methyl sites for hydroxylation is 2. The van der Waals surface area contributed by atoms with Gasteiger partial charge in [-0.2, -0.15) is 0 Å². The van der Waals surface area contributed by atoms with Crippen molar-refractivity contribution >= 4 is 39.7 Å². The maximum atomic E-state index is 12.5. The normalized spacial score (nSPS) is 11.0. The van der Waals surface area contributed by atoms with E-state index in [0.29, 0.717) is 16.8 Å². The van der Waals surface area contributed by atoms with E-state index in [9.17, 15) is 9.59 Å². The molecule has 2 aromatic heterocycles. The number of hydrogen-bond donors (Lipinski definition) is 1. The van der Waals surface area contributed by atoms with Crippen LogP contribution in [0.4, 0.5) is 5.69 Å². The third-order valence-corrected chi connectivity index (χ3v) is 4.81. The van der Waals surface area contributed by atoms with E-state index < -0.39 is 0 Å². The maximum absolute atomic E-state index is 12.5. The van der Waals surface area contributed by atoms with Gasteiger partial charge in [-0.05, 0) is 50.2 Å². The highest BCUT2D eigenvalue weighted by Gasteiger charge is 2.15. The van der Waals surface area contributed by atoms with E-state index in [1.807, 2.05) is 12.1 Å². The number of carbonyl (C=O) groups is 2. The number of nitrogens with one attached hydrogen (secondary N) is 1. The Morgan fingerprint density at radius 2 is 1.96 bits per heavy atom. The summed E-state index contributed by atoms with van der Waals surface area (Å²) in [4.78, 5) is 28.2. The second-order valence-electron chi connectivity index (χ2n) is 6.54. The van der Waals surface area contributed by atoms with Crippen LogP contribution in [0, 0.1) is 6.92 Å². The number of aldehydes is 1. The van der Waals surface area contributed by atoms with Crippen molar-refractivity contribution in [2.24, 2.45) is 0 Å². The van der Waals surface area contributed by atoms with Gasteiger partial charge < -0.3 is 9.88 Å². The Bertz CT molecular complexity index is 1180. The summed E-state index contributed by atoms with van der Waals surface area (Å²) in [5, 5.41) is 4.98. The van der Waals surface area contributed by atoms with E-state index in [-0.39, 0.29) is 5.91 Å². The van der Waals surface area contributed by atoms with Gasteiger partial charge in [-0.3, -0.25) is 14.6 Å². The predicted molar refractivity (Wildman–Crippen MR) is 107 cm³/mol. The summed E-state index contributed by atoms with van der Waals surface area (Å²) in [6.07, 6.45) is 3.89. The molecule has 0 atom stereocenters. The molecule has 134 valence electrons. The van der Waals surface area contributed by atoms with Gasteiger partial charge in [0.15, 0.2) is 6.29 Å². The lowest BCUT2D eigenvalue weighted by atomic mass is 10.1. The zero-order valence-electron chi connectivity index (χ0n) is 15.2. The van der Waals surface area contributed by atoms with Gasteiger partial charge >= 0.3 is 0 Å². The number of nitrogens with zero attached hydrogens (tertiary/aromatic N) is 2. The van der Waals surface area contributed by atoms with Crippen LogP contribution >= 0.6 is 0 Å². The van der Waals surface area contributed by atoms with Crippen molar-refractivity contribution in [2.45, 2.75) is 20.4 Å². The quantitative estimate of drug-likeness (QED) is 0.544. The van der Waals surface area contributed by atoms with Crippen molar-refractivity contribution in [3.05, 3.63) is 71.5 Å². The van der Waals surface area contributed by atoms with Gasteiger partial charge in [0, 0.05) is 40.8 Å². The molecule has 1 N–H and O–H groups in total. The van der Waals surface area contributed by atoms with Crippen LogP contribution in [-0.2, 0) is 6.54 Å². The molecule has 2 heterocycles. The maximum Gasteiger partial charge on any atom is 0.257 e. The van der Waals surface area contributed by atoms with Crippen molar-refractivity contribution in [1.82, 2.24) is 9.55 Å². The van der Waals surface area contributed by atoms with Gasteiger partial charge in [-0.15, -0.1) is 0 Å². The number of rotatable bonds is 4. The zero-order valence-corrected chi connectivity index (χ0v) is 15.2. The Morgan fingerprint density at radius 1 is 1.15 bits per heavy atom. The minimum absolute atomic E-state index is 0.291. The largest absolute Gasteiger partial charge is 0.341 e. The molecule has 5 heteroatoms. The molecule has 4 aromatic rings. The second-order valence-corrected chi connectivity index (χ2v) is 6.54. The SMILES string of the molecule is CCn1c2ccc(C)cc2c2cc(C=O)c(NC(=O)c3cccnc3)cc21. The number of anilines is 1. The summed E-state index contributed by atoms with van der Waals surface area (Å²) in [5.74, 6) is -0.291. The second kappa shape index (κ2) is 6.68. The highest BCUT2D eigenvalue weighted by molar-refractivity contribution is 6.13. The molecular formula is C22H19N3O2. The van der Waals surface area contributed by atoms with E-state index in [2.05, 4.69) is 46.9 Å². The molecule has 0 radical (unpaired) electrons. The summed E-state index contributed by atoms with van der Waals surface area (Å²) in [5.41, 5.74) is 4.67. The highest BCUT2D eigenvalue weighted by atomic mass is 16.1. The molecule has 0 bridgehead atoms. The van der Waals surface area contributed by atoms with Crippen LogP contribution in [-0.4, -0.2) is 21.7 Å². The molecule has 0 aliphatic rings. The Morgan fingerprint density at radius 3 is 2.67 bits per heavy atom. The Balaban J connectivity index is 1.90. The van der Waals surface area contributed by atoms with Crippen LogP contribution in [0.1, 0.15) is 33.2 Å². The van der Waals surface area contributed by atoms with Crippen molar-refractivity contribution in [3.63, 3.8) is 0 Å². The molecule has 0 saturated carbocycles. The lowest BCUT2D eigenvalue weighted by molar-refractivity contribution is 0.102. The van der Waals surface area contributed by atoms with E-state index >= 15 is 0 Å². The van der Waals surface area contributed by atoms with Gasteiger partial charge in [0.05, 0.1) is 16.8 Å². The van der Waals surface area contributed by atoms with Crippen LogP contribution in [0.3, 0.4) is 0 Å². The number of hydrogen-bond acceptors (Lipinski definition) is 3. The van der Waals surface area contributed by atoms with E-state index in [1.165, 1.54) is 11.8 Å². The summed E-state index contributed by atoms with van der Waals surface area (Å²) >= 11 is 0. The van der Waals surface area contributed by atoms with Crippen LogP contribution in [0.5, 0.6) is 0 Å². The molecule has 0 aliphatic heterocycles. The molecule has 4 rings (SSSR count). The summed E-state index contributed by atoms with van der Waals surface area (Å²) < 4.78 is 2.19. The van der Waals surface area contributed by atoms with Crippen LogP contribution in [0.2, 0.25) is 0 Å². The van der Waals surface area contributed by atoms with Crippen molar-refractivity contribution < 1.29 is 9.59 Å². The molecule has 27 heavy (non-hydrogen) atoms. The molecule has 2 aromatic carbocycles. The van der Waals surface area contributed by atoms with E-state index in [1.54, 1.807) is 18.3 Å². The first-order valence-corrected chi connectivity index (χ1v) is 8.85. The molecule has 0 fully saturated rings. The van der Waals surface area contributed by atoms with E-state index in [0.717, 1.165) is 34.6 Å². The minimum atomic E-state index is -0.291. The third-order valence-electron chi connectivity index (χ3n) is 4.81. The summed E-state index contributed by atoms with van der Waals surface area (Å²) in [6, 6.07) is 13.4. The number of aromatic nitrogens is 2. The fourth-order valence-corrected chi connectivity index (χ4v) is 3.51. The Labute approximate surface area is 156 Å². The van der Waals surface area contributed by atoms with Gasteiger partial charge in [0.2, 0.25) is 0 Å². The monoisotopic (exact) mass is 357 g/mol. The first kappa shape index (κ1) is 17.0. The van der Waals surface area contributed by atoms with Gasteiger partial charge in [0.25, 0.3) is 5.91 Å². The van der Waals surface area contributed by atoms with E-state index in [4.69, 9.17) is 0 Å². The standard InChI is InChI=1S/C22H19N3O2/c1-3-25-20-7-6-14(2)9-17(20)18-10-16(13-26)19(11-21(18)25)24-22(27)15-5-4-8-23-12-15/h4-13H,3H2,1-2H3,(H,24,27). The van der Waals surface area contributed by atoms with Crippen LogP contribution in [0.15, 0.2) is 54.9 Å². The lowest BCUT2D eigenvalue weighted by Crippen LogP contribution is -2.13. The molecule has 0 unspecified atom stereocenters. The molecule has 0 spiro atoms. The fraction of sp³-hybridized carbons (Fsp3) is 0.136. The lowest BCUT2D eigenvalue weighted by Gasteiger charge is -2.10. The van der Waals surface area contributed by atoms with Gasteiger partial charge in [-0.25, -0.2) is 0 Å². The van der Waals surface area contributed by atoms with Crippen molar-refractivity contribution in [1.29, 1.82) is 0 Å². The van der Waals surface area contributed by atoms with Gasteiger partial charge in [-0.1, -0.05) is 11.6 Å². The fourth-order valence-electron chi connectivity index (χ4n) is 3.51. The average molecular weight is 357 g/mol. The first-order valence-electron chi connectivity index (χ1n) is 8.85. The highest BCUT2D eigenvalue weighted by Crippen LogP contribution is 2.33. The van der Waals surface area contributed by atoms with Crippen LogP contribution < -0.4 is 5.32 Å². The number of carbonyl (C=O) groups excluding carboxylic acids is 2. The summed E-state index contributed by atoms with van der Waals surface area (Å²) in [7, 11) is 0. The number of pyridine rings is 1. The Hall–Kier alpha value is -3.47. The number of amides is 1. The third kappa shape index (κ3) is 2.87. The van der Waals surface area contributed by atoms with Crippen molar-refractivity contribution in [3.8, 4) is 0 Å². The summed E-state index contributed by atoms with van der Waals surface area (Å²) in [6.45, 7) is 4.93. The smallest absolute Gasteiger partial charge is 0.257 e. The zero-order chi connectivity index (χ0) is 19.0. The molecule has 0 saturated heterocycles. The number of fused-ring (bicyclic) bond motifs is 3. The first-order chi connectivity index (χ1) is 13.1. The molecule has 5 nitrogen and oxygen atoms in total. The molecule has 1 amide bonds. The van der Waals surface area contributed by atoms with Crippen LogP contribution in [0.25, 0.3) is 21.8 Å². The van der Waals surface area contributed by atoms with Crippen molar-refractivity contribution in [2.75, 3.05) is 5.32 Å². The van der Waals surface area contributed by atoms with Gasteiger partial charge in [0.1, 0.15) is 0 Å².